The zero-order valence-electron chi connectivity index (χ0n) is 14.1. The van der Waals surface area contributed by atoms with Crippen molar-refractivity contribution in [1.82, 2.24) is 9.80 Å². The Morgan fingerprint density at radius 2 is 2.24 bits per heavy atom. The Kier molecular flexibility index (Phi) is 4.60. The van der Waals surface area contributed by atoms with E-state index in [1.807, 2.05) is 0 Å². The number of carbonyl (C=O) groups is 1. The summed E-state index contributed by atoms with van der Waals surface area (Å²) in [6.45, 7) is 2.96. The highest BCUT2D eigenvalue weighted by Gasteiger charge is 2.31. The third-order valence-corrected chi connectivity index (χ3v) is 6.09. The molecule has 0 bridgehead atoms. The zero-order valence-corrected chi connectivity index (χ0v) is 15.0. The van der Waals surface area contributed by atoms with Gasteiger partial charge in [0.1, 0.15) is 6.04 Å². The fourth-order valence-electron chi connectivity index (χ4n) is 3.92. The molecule has 0 spiro atoms. The summed E-state index contributed by atoms with van der Waals surface area (Å²) in [6.07, 6.45) is 2.80. The Balaban J connectivity index is 1.35. The van der Waals surface area contributed by atoms with Gasteiger partial charge in [-0.2, -0.15) is 5.26 Å². The van der Waals surface area contributed by atoms with Crippen molar-refractivity contribution in [1.29, 1.82) is 5.26 Å². The summed E-state index contributed by atoms with van der Waals surface area (Å²) < 4.78 is 1.30. The lowest BCUT2D eigenvalue weighted by Gasteiger charge is -2.23. The van der Waals surface area contributed by atoms with Crippen LogP contribution in [-0.2, 0) is 4.79 Å². The van der Waals surface area contributed by atoms with E-state index in [2.05, 4.69) is 45.9 Å². The number of likely N-dealkylation sites (tertiary alicyclic amines) is 2. The van der Waals surface area contributed by atoms with Crippen molar-refractivity contribution in [3.05, 3.63) is 29.6 Å². The van der Waals surface area contributed by atoms with Gasteiger partial charge in [0.05, 0.1) is 12.6 Å². The van der Waals surface area contributed by atoms with E-state index in [-0.39, 0.29) is 11.9 Å². The van der Waals surface area contributed by atoms with E-state index in [0.29, 0.717) is 12.6 Å². The monoisotopic (exact) mass is 354 g/mol. The molecule has 2 aromatic rings. The standard InChI is InChI=1S/C19H22N4OS/c20-11-15-3-2-8-23(15)19(24)13-22-9-6-14(12-22)21-17-4-1-5-18-16(17)7-10-25-18/h1,4-5,7,10,14-15,21H,2-3,6,8-9,12-13H2/t14-,15?/m0/s1. The van der Waals surface area contributed by atoms with Gasteiger partial charge in [-0.15, -0.1) is 11.3 Å². The van der Waals surface area contributed by atoms with E-state index in [1.165, 1.54) is 15.8 Å². The van der Waals surface area contributed by atoms with Crippen molar-refractivity contribution in [2.45, 2.75) is 31.3 Å². The van der Waals surface area contributed by atoms with Gasteiger partial charge in [0.2, 0.25) is 5.91 Å². The minimum absolute atomic E-state index is 0.102. The zero-order chi connectivity index (χ0) is 17.2. The number of anilines is 1. The molecular formula is C19H22N4OS. The lowest BCUT2D eigenvalue weighted by atomic mass is 10.2. The highest BCUT2D eigenvalue weighted by Crippen LogP contribution is 2.29. The predicted molar refractivity (Wildman–Crippen MR) is 101 cm³/mol. The molecule has 1 N–H and O–H groups in total. The van der Waals surface area contributed by atoms with Gasteiger partial charge in [0.15, 0.2) is 0 Å². The van der Waals surface area contributed by atoms with Crippen LogP contribution in [0.1, 0.15) is 19.3 Å². The number of benzene rings is 1. The number of thiophene rings is 1. The van der Waals surface area contributed by atoms with E-state index in [4.69, 9.17) is 5.26 Å². The van der Waals surface area contributed by atoms with Gasteiger partial charge in [-0.1, -0.05) is 6.07 Å². The molecule has 3 heterocycles. The Labute approximate surface area is 151 Å². The fourth-order valence-corrected chi connectivity index (χ4v) is 4.73. The van der Waals surface area contributed by atoms with E-state index in [0.717, 1.165) is 38.9 Å². The van der Waals surface area contributed by atoms with Crippen molar-refractivity contribution in [2.24, 2.45) is 0 Å². The molecule has 25 heavy (non-hydrogen) atoms. The molecular weight excluding hydrogens is 332 g/mol. The molecule has 1 unspecified atom stereocenters. The van der Waals surface area contributed by atoms with Gasteiger partial charge in [-0.3, -0.25) is 9.69 Å². The molecule has 1 aromatic heterocycles. The highest BCUT2D eigenvalue weighted by molar-refractivity contribution is 7.17. The van der Waals surface area contributed by atoms with Crippen molar-refractivity contribution < 1.29 is 4.79 Å². The number of hydrogen-bond donors (Lipinski definition) is 1. The van der Waals surface area contributed by atoms with Gasteiger partial charge in [0.25, 0.3) is 0 Å². The summed E-state index contributed by atoms with van der Waals surface area (Å²) >= 11 is 1.76. The summed E-state index contributed by atoms with van der Waals surface area (Å²) in [5.41, 5.74) is 1.18. The first-order valence-corrected chi connectivity index (χ1v) is 9.77. The van der Waals surface area contributed by atoms with Crippen LogP contribution < -0.4 is 5.32 Å². The Hall–Kier alpha value is -2.10. The summed E-state index contributed by atoms with van der Waals surface area (Å²) in [6, 6.07) is 10.9. The van der Waals surface area contributed by atoms with E-state index >= 15 is 0 Å². The number of rotatable bonds is 4. The van der Waals surface area contributed by atoms with Crippen molar-refractivity contribution in [3.8, 4) is 6.07 Å². The van der Waals surface area contributed by atoms with E-state index < -0.39 is 0 Å². The van der Waals surface area contributed by atoms with Gasteiger partial charge in [-0.25, -0.2) is 0 Å². The molecule has 5 nitrogen and oxygen atoms in total. The van der Waals surface area contributed by atoms with Crippen LogP contribution in [0.3, 0.4) is 0 Å². The predicted octanol–water partition coefficient (Wildman–Crippen LogP) is 2.90. The minimum atomic E-state index is -0.222. The van der Waals surface area contributed by atoms with Crippen LogP contribution >= 0.6 is 11.3 Å². The molecule has 1 amide bonds. The minimum Gasteiger partial charge on any atom is -0.380 e. The first-order chi connectivity index (χ1) is 12.2. The normalized spacial score (nSPS) is 23.9. The van der Waals surface area contributed by atoms with Crippen LogP contribution in [0.2, 0.25) is 0 Å². The lowest BCUT2D eigenvalue weighted by Crippen LogP contribution is -2.42. The number of fused-ring (bicyclic) bond motifs is 1. The van der Waals surface area contributed by atoms with Crippen LogP contribution in [0.15, 0.2) is 29.6 Å². The molecule has 2 aliphatic heterocycles. The summed E-state index contributed by atoms with van der Waals surface area (Å²) in [5.74, 6) is 0.102. The number of nitrogens with zero attached hydrogens (tertiary/aromatic N) is 3. The second kappa shape index (κ2) is 7.03. The van der Waals surface area contributed by atoms with Gasteiger partial charge < -0.3 is 10.2 Å². The Morgan fingerprint density at radius 3 is 3.12 bits per heavy atom. The SMILES string of the molecule is N#CC1CCCN1C(=O)CN1CC[C@H](Nc2cccc3sccc23)C1. The topological polar surface area (TPSA) is 59.4 Å². The first-order valence-electron chi connectivity index (χ1n) is 8.89. The maximum absolute atomic E-state index is 12.5. The van der Waals surface area contributed by atoms with Crippen molar-refractivity contribution in [2.75, 3.05) is 31.5 Å². The number of hydrogen-bond acceptors (Lipinski definition) is 5. The largest absolute Gasteiger partial charge is 0.380 e. The molecule has 130 valence electrons. The Bertz CT molecular complexity index is 811. The molecule has 6 heteroatoms. The number of amides is 1. The van der Waals surface area contributed by atoms with Crippen LogP contribution in [0, 0.1) is 11.3 Å². The van der Waals surface area contributed by atoms with Gasteiger partial charge in [-0.05, 0) is 42.8 Å². The van der Waals surface area contributed by atoms with Crippen LogP contribution in [0.25, 0.3) is 10.1 Å². The third kappa shape index (κ3) is 3.35. The van der Waals surface area contributed by atoms with E-state index in [9.17, 15) is 4.79 Å². The summed E-state index contributed by atoms with van der Waals surface area (Å²) in [5, 5.41) is 16.2. The molecule has 2 atom stereocenters. The first kappa shape index (κ1) is 16.4. The number of nitriles is 1. The van der Waals surface area contributed by atoms with Crippen LogP contribution in [0.5, 0.6) is 0 Å². The number of carbonyl (C=O) groups excluding carboxylic acids is 1. The fraction of sp³-hybridized carbons (Fsp3) is 0.474. The average Bonchev–Trinajstić information content (AvgIpc) is 3.35. The molecule has 2 fully saturated rings. The summed E-state index contributed by atoms with van der Waals surface area (Å²) in [4.78, 5) is 16.5. The molecule has 4 rings (SSSR count). The third-order valence-electron chi connectivity index (χ3n) is 5.21. The van der Waals surface area contributed by atoms with Gasteiger partial charge >= 0.3 is 0 Å². The second-order valence-corrected chi connectivity index (χ2v) is 7.82. The van der Waals surface area contributed by atoms with Crippen molar-refractivity contribution >= 4 is 33.0 Å². The van der Waals surface area contributed by atoms with Gasteiger partial charge in [0, 0.05) is 41.4 Å². The maximum Gasteiger partial charge on any atom is 0.237 e. The molecule has 0 radical (unpaired) electrons. The molecule has 1 aromatic carbocycles. The van der Waals surface area contributed by atoms with E-state index in [1.54, 1.807) is 16.2 Å². The molecule has 2 aliphatic rings. The quantitative estimate of drug-likeness (QED) is 0.917. The average molecular weight is 354 g/mol. The molecule has 2 saturated heterocycles. The molecule has 0 aliphatic carbocycles. The molecule has 0 saturated carbocycles. The van der Waals surface area contributed by atoms with Crippen LogP contribution in [0.4, 0.5) is 5.69 Å². The number of nitrogens with one attached hydrogen (secondary N) is 1. The highest BCUT2D eigenvalue weighted by atomic mass is 32.1. The smallest absolute Gasteiger partial charge is 0.237 e. The van der Waals surface area contributed by atoms with Crippen LogP contribution in [-0.4, -0.2) is 54.0 Å². The maximum atomic E-state index is 12.5. The van der Waals surface area contributed by atoms with Crippen molar-refractivity contribution in [3.63, 3.8) is 0 Å². The summed E-state index contributed by atoms with van der Waals surface area (Å²) in [7, 11) is 0. The Morgan fingerprint density at radius 1 is 1.32 bits per heavy atom. The lowest BCUT2D eigenvalue weighted by molar-refractivity contribution is -0.132. The second-order valence-electron chi connectivity index (χ2n) is 6.88.